The van der Waals surface area contributed by atoms with E-state index >= 15 is 0 Å². The number of anilines is 1. The quantitative estimate of drug-likeness (QED) is 0.685. The highest BCUT2D eigenvalue weighted by Gasteiger charge is 2.27. The molecule has 2 aromatic heterocycles. The van der Waals surface area contributed by atoms with Gasteiger partial charge in [-0.25, -0.2) is 4.79 Å². The van der Waals surface area contributed by atoms with Crippen molar-refractivity contribution in [3.8, 4) is 0 Å². The first-order valence-electron chi connectivity index (χ1n) is 6.94. The van der Waals surface area contributed by atoms with Crippen LogP contribution in [-0.4, -0.2) is 19.0 Å². The van der Waals surface area contributed by atoms with Crippen molar-refractivity contribution >= 4 is 45.6 Å². The number of carbonyl (C=O) groups is 2. The maximum Gasteiger partial charge on any atom is 0.341 e. The summed E-state index contributed by atoms with van der Waals surface area (Å²) in [6, 6.07) is 3.87. The topological polar surface area (TPSA) is 55.4 Å². The molecule has 0 saturated carbocycles. The van der Waals surface area contributed by atoms with Crippen molar-refractivity contribution in [3.05, 3.63) is 44.5 Å². The lowest BCUT2D eigenvalue weighted by Crippen LogP contribution is -2.12. The fourth-order valence-electron chi connectivity index (χ4n) is 2.51. The van der Waals surface area contributed by atoms with Gasteiger partial charge in [-0.15, -0.1) is 22.7 Å². The summed E-state index contributed by atoms with van der Waals surface area (Å²) in [5, 5.41) is 5.36. The van der Waals surface area contributed by atoms with Crippen LogP contribution in [0.1, 0.15) is 32.1 Å². The highest BCUT2D eigenvalue weighted by Crippen LogP contribution is 2.39. The zero-order valence-corrected chi connectivity index (χ0v) is 13.7. The third kappa shape index (κ3) is 2.98. The van der Waals surface area contributed by atoms with Gasteiger partial charge >= 0.3 is 5.97 Å². The molecule has 2 aromatic rings. The highest BCUT2D eigenvalue weighted by atomic mass is 32.1. The van der Waals surface area contributed by atoms with Gasteiger partial charge in [0.2, 0.25) is 5.91 Å². The van der Waals surface area contributed by atoms with Gasteiger partial charge in [0, 0.05) is 15.8 Å². The number of hydrogen-bond donors (Lipinski definition) is 1. The van der Waals surface area contributed by atoms with Crippen LogP contribution in [0.2, 0.25) is 0 Å². The van der Waals surface area contributed by atoms with E-state index in [1.807, 2.05) is 17.5 Å². The zero-order valence-electron chi connectivity index (χ0n) is 12.0. The lowest BCUT2D eigenvalue weighted by molar-refractivity contribution is -0.111. The number of esters is 1. The Balaban J connectivity index is 1.80. The van der Waals surface area contributed by atoms with Crippen LogP contribution in [0.5, 0.6) is 0 Å². The first-order chi connectivity index (χ1) is 10.7. The molecule has 1 aliphatic carbocycles. The molecule has 114 valence electrons. The third-order valence-electron chi connectivity index (χ3n) is 3.49. The van der Waals surface area contributed by atoms with Crippen LogP contribution in [0.3, 0.4) is 0 Å². The molecular weight excluding hydrogens is 318 g/mol. The Kier molecular flexibility index (Phi) is 4.40. The number of fused-ring (bicyclic) bond motifs is 1. The summed E-state index contributed by atoms with van der Waals surface area (Å²) in [5.74, 6) is -0.615. The Labute approximate surface area is 136 Å². The molecule has 1 amide bonds. The van der Waals surface area contributed by atoms with Gasteiger partial charge in [0.25, 0.3) is 0 Å². The van der Waals surface area contributed by atoms with E-state index in [0.717, 1.165) is 29.7 Å². The van der Waals surface area contributed by atoms with Gasteiger partial charge in [0.05, 0.1) is 12.7 Å². The summed E-state index contributed by atoms with van der Waals surface area (Å²) in [5.41, 5.74) is 1.56. The van der Waals surface area contributed by atoms with Gasteiger partial charge < -0.3 is 10.1 Å². The zero-order chi connectivity index (χ0) is 15.5. The number of nitrogens with one attached hydrogen (secondary N) is 1. The molecule has 0 saturated heterocycles. The number of rotatable bonds is 4. The first-order valence-corrected chi connectivity index (χ1v) is 8.64. The molecule has 6 heteroatoms. The molecule has 4 nitrogen and oxygen atoms in total. The first kappa shape index (κ1) is 15.0. The van der Waals surface area contributed by atoms with E-state index < -0.39 is 0 Å². The van der Waals surface area contributed by atoms with E-state index in [1.54, 1.807) is 17.4 Å². The fraction of sp³-hybridized carbons (Fsp3) is 0.250. The number of methoxy groups -OCH3 is 1. The van der Waals surface area contributed by atoms with E-state index in [4.69, 9.17) is 4.74 Å². The van der Waals surface area contributed by atoms with Crippen molar-refractivity contribution < 1.29 is 14.3 Å². The second-order valence-electron chi connectivity index (χ2n) is 4.89. The number of amides is 1. The monoisotopic (exact) mass is 333 g/mol. The summed E-state index contributed by atoms with van der Waals surface area (Å²) in [6.45, 7) is 0. The standard InChI is InChI=1S/C16H15NO3S2/c1-20-16(19)14-11-5-2-6-12(11)22-15(14)17-13(18)8-7-10-4-3-9-21-10/h3-4,7-9H,2,5-6H2,1H3,(H,17,18)/b8-7+. The van der Waals surface area contributed by atoms with Crippen LogP contribution in [0.4, 0.5) is 5.00 Å². The summed E-state index contributed by atoms with van der Waals surface area (Å²) < 4.78 is 4.86. The Morgan fingerprint density at radius 3 is 2.95 bits per heavy atom. The molecule has 22 heavy (non-hydrogen) atoms. The van der Waals surface area contributed by atoms with E-state index in [-0.39, 0.29) is 11.9 Å². The van der Waals surface area contributed by atoms with Crippen LogP contribution in [0, 0.1) is 0 Å². The van der Waals surface area contributed by atoms with Crippen molar-refractivity contribution in [2.24, 2.45) is 0 Å². The molecule has 0 fully saturated rings. The van der Waals surface area contributed by atoms with Gasteiger partial charge in [-0.05, 0) is 42.3 Å². The molecule has 0 radical (unpaired) electrons. The Morgan fingerprint density at radius 2 is 2.23 bits per heavy atom. The summed E-state index contributed by atoms with van der Waals surface area (Å²) in [7, 11) is 1.36. The van der Waals surface area contributed by atoms with Crippen LogP contribution >= 0.6 is 22.7 Å². The molecule has 0 aromatic carbocycles. The Bertz CT molecular complexity index is 729. The minimum absolute atomic E-state index is 0.238. The van der Waals surface area contributed by atoms with Crippen LogP contribution in [0.15, 0.2) is 23.6 Å². The smallest absolute Gasteiger partial charge is 0.341 e. The van der Waals surface area contributed by atoms with Crippen molar-refractivity contribution in [2.45, 2.75) is 19.3 Å². The van der Waals surface area contributed by atoms with Crippen molar-refractivity contribution in [3.63, 3.8) is 0 Å². The molecule has 0 bridgehead atoms. The normalized spacial score (nSPS) is 13.3. The molecule has 1 aliphatic rings. The maximum absolute atomic E-state index is 12.1. The molecule has 0 aliphatic heterocycles. The molecular formula is C16H15NO3S2. The average Bonchev–Trinajstić information content (AvgIpc) is 3.21. The Hall–Kier alpha value is -1.92. The molecule has 0 spiro atoms. The predicted molar refractivity (Wildman–Crippen MR) is 89.7 cm³/mol. The number of thiophene rings is 2. The number of ether oxygens (including phenoxy) is 1. The van der Waals surface area contributed by atoms with Crippen molar-refractivity contribution in [1.29, 1.82) is 0 Å². The summed E-state index contributed by atoms with van der Waals surface area (Å²) in [4.78, 5) is 26.2. The van der Waals surface area contributed by atoms with Crippen LogP contribution < -0.4 is 5.32 Å². The Morgan fingerprint density at radius 1 is 1.36 bits per heavy atom. The van der Waals surface area contributed by atoms with Gasteiger partial charge in [-0.3, -0.25) is 4.79 Å². The summed E-state index contributed by atoms with van der Waals surface area (Å²) in [6.07, 6.45) is 6.14. The average molecular weight is 333 g/mol. The summed E-state index contributed by atoms with van der Waals surface area (Å²) >= 11 is 3.04. The fourth-order valence-corrected chi connectivity index (χ4v) is 4.41. The maximum atomic E-state index is 12.1. The van der Waals surface area contributed by atoms with Crippen molar-refractivity contribution in [2.75, 3.05) is 12.4 Å². The second-order valence-corrected chi connectivity index (χ2v) is 6.98. The minimum atomic E-state index is -0.378. The molecule has 0 atom stereocenters. The number of aryl methyl sites for hydroxylation is 1. The SMILES string of the molecule is COC(=O)c1c(NC(=O)/C=C/c2cccs2)sc2c1CCC2. The molecule has 3 rings (SSSR count). The van der Waals surface area contributed by atoms with Gasteiger partial charge in [0.15, 0.2) is 0 Å². The van der Waals surface area contributed by atoms with Gasteiger partial charge in [-0.1, -0.05) is 6.07 Å². The molecule has 0 unspecified atom stereocenters. The van der Waals surface area contributed by atoms with E-state index in [2.05, 4.69) is 5.32 Å². The van der Waals surface area contributed by atoms with E-state index in [0.29, 0.717) is 10.6 Å². The van der Waals surface area contributed by atoms with Gasteiger partial charge in [0.1, 0.15) is 5.00 Å². The lowest BCUT2D eigenvalue weighted by atomic mass is 10.1. The highest BCUT2D eigenvalue weighted by molar-refractivity contribution is 7.17. The second kappa shape index (κ2) is 6.46. The molecule has 2 heterocycles. The third-order valence-corrected chi connectivity index (χ3v) is 5.53. The van der Waals surface area contributed by atoms with Crippen LogP contribution in [0.25, 0.3) is 6.08 Å². The van der Waals surface area contributed by atoms with E-state index in [9.17, 15) is 9.59 Å². The number of hydrogen-bond acceptors (Lipinski definition) is 5. The van der Waals surface area contributed by atoms with Gasteiger partial charge in [-0.2, -0.15) is 0 Å². The predicted octanol–water partition coefficient (Wildman–Crippen LogP) is 3.74. The van der Waals surface area contributed by atoms with E-state index in [1.165, 1.54) is 29.4 Å². The van der Waals surface area contributed by atoms with Crippen molar-refractivity contribution in [1.82, 2.24) is 0 Å². The van der Waals surface area contributed by atoms with Crippen LogP contribution in [-0.2, 0) is 22.4 Å². The number of carbonyl (C=O) groups excluding carboxylic acids is 2. The lowest BCUT2D eigenvalue weighted by Gasteiger charge is -2.05. The minimum Gasteiger partial charge on any atom is -0.465 e. The molecule has 1 N–H and O–H groups in total. The largest absolute Gasteiger partial charge is 0.465 e.